The van der Waals surface area contributed by atoms with E-state index in [0.29, 0.717) is 4.47 Å². The van der Waals surface area contributed by atoms with Gasteiger partial charge < -0.3 is 9.64 Å². The van der Waals surface area contributed by atoms with Crippen molar-refractivity contribution in [3.8, 4) is 5.75 Å². The van der Waals surface area contributed by atoms with E-state index >= 15 is 0 Å². The van der Waals surface area contributed by atoms with Crippen LogP contribution >= 0.6 is 27.7 Å². The highest BCUT2D eigenvalue weighted by atomic mass is 79.9. The predicted molar refractivity (Wildman–Crippen MR) is 171 cm³/mol. The zero-order chi connectivity index (χ0) is 32.7. The second-order valence-corrected chi connectivity index (χ2v) is 12.4. The molecule has 0 atom stereocenters. The van der Waals surface area contributed by atoms with Crippen LogP contribution in [0, 0.1) is 11.8 Å². The molecule has 1 amide bonds. The summed E-state index contributed by atoms with van der Waals surface area (Å²) in [7, 11) is 0. The summed E-state index contributed by atoms with van der Waals surface area (Å²) < 4.78 is 72.2. The molecule has 0 unspecified atom stereocenters. The molecule has 0 aliphatic heterocycles. The van der Waals surface area contributed by atoms with Crippen molar-refractivity contribution in [3.05, 3.63) is 166 Å². The Morgan fingerprint density at radius 3 is 1.87 bits per heavy atom. The summed E-state index contributed by atoms with van der Waals surface area (Å²) in [5.41, 5.74) is 2.31. The molecule has 1 aromatic heterocycles. The summed E-state index contributed by atoms with van der Waals surface area (Å²) in [6.45, 7) is -0.477. The monoisotopic (exact) mass is 712 g/mol. The molecular formula is C35H26BrF5N2O2S. The molecule has 0 N–H and O–H groups in total. The number of alkyl halides is 3. The van der Waals surface area contributed by atoms with Gasteiger partial charge in [0.25, 0.3) is 5.91 Å². The zero-order valence-corrected chi connectivity index (χ0v) is 26.5. The second-order valence-electron chi connectivity index (χ2n) is 10.1. The molecule has 236 valence electrons. The lowest BCUT2D eigenvalue weighted by molar-refractivity contribution is -0.274. The number of hydrogen-bond acceptors (Lipinski definition) is 4. The largest absolute Gasteiger partial charge is 0.573 e. The molecule has 11 heteroatoms. The topological polar surface area (TPSA) is 42.4 Å². The maximum atomic E-state index is 15.0. The van der Waals surface area contributed by atoms with E-state index in [1.165, 1.54) is 28.9 Å². The van der Waals surface area contributed by atoms with Gasteiger partial charge in [0.05, 0.1) is 10.3 Å². The fourth-order valence-corrected chi connectivity index (χ4v) is 7.01. The first-order valence-corrected chi connectivity index (χ1v) is 15.8. The predicted octanol–water partition coefficient (Wildman–Crippen LogP) is 9.39. The third-order valence-electron chi connectivity index (χ3n) is 7.16. The number of halogens is 6. The van der Waals surface area contributed by atoms with Gasteiger partial charge in [0.15, 0.2) is 0 Å². The Bertz CT molecular complexity index is 1680. The van der Waals surface area contributed by atoms with Gasteiger partial charge in [0, 0.05) is 35.1 Å². The average Bonchev–Trinajstić information content (AvgIpc) is 3.05. The number of thioether (sulfide) groups is 1. The van der Waals surface area contributed by atoms with Crippen molar-refractivity contribution in [2.75, 3.05) is 12.3 Å². The molecule has 5 rings (SSSR count). The molecule has 0 fully saturated rings. The number of hydrogen-bond donors (Lipinski definition) is 0. The summed E-state index contributed by atoms with van der Waals surface area (Å²) in [4.78, 5) is 18.6. The SMILES string of the molecule is O=C(c1cc(Br)cnc1F)N(CCSC(c1ccccc1)(c1ccccc1)c1ccccc1)Cc1cc(OC(F)(F)F)ccc1F. The van der Waals surface area contributed by atoms with Crippen LogP contribution in [0.3, 0.4) is 0 Å². The quantitative estimate of drug-likeness (QED) is 0.0778. The maximum absolute atomic E-state index is 15.0. The molecule has 0 aliphatic carbocycles. The van der Waals surface area contributed by atoms with Crippen molar-refractivity contribution in [1.82, 2.24) is 9.88 Å². The third kappa shape index (κ3) is 7.76. The van der Waals surface area contributed by atoms with Gasteiger partial charge in [-0.25, -0.2) is 9.37 Å². The normalized spacial score (nSPS) is 11.7. The zero-order valence-electron chi connectivity index (χ0n) is 24.1. The van der Waals surface area contributed by atoms with Crippen molar-refractivity contribution in [1.29, 1.82) is 0 Å². The Labute approximate surface area is 275 Å². The van der Waals surface area contributed by atoms with Gasteiger partial charge in [-0.3, -0.25) is 4.79 Å². The number of nitrogens with zero attached hydrogens (tertiary/aromatic N) is 2. The molecule has 0 saturated heterocycles. The lowest BCUT2D eigenvalue weighted by atomic mass is 9.84. The van der Waals surface area contributed by atoms with E-state index in [-0.39, 0.29) is 23.4 Å². The van der Waals surface area contributed by atoms with Crippen LogP contribution in [-0.4, -0.2) is 34.5 Å². The van der Waals surface area contributed by atoms with Crippen LogP contribution in [0.4, 0.5) is 22.0 Å². The van der Waals surface area contributed by atoms with Gasteiger partial charge in [-0.15, -0.1) is 24.9 Å². The maximum Gasteiger partial charge on any atom is 0.573 e. The molecule has 4 nitrogen and oxygen atoms in total. The van der Waals surface area contributed by atoms with Gasteiger partial charge in [0.1, 0.15) is 11.6 Å². The summed E-state index contributed by atoms with van der Waals surface area (Å²) in [6, 6.07) is 33.3. The summed E-state index contributed by atoms with van der Waals surface area (Å²) >= 11 is 4.72. The average molecular weight is 714 g/mol. The van der Waals surface area contributed by atoms with Crippen molar-refractivity contribution in [2.24, 2.45) is 0 Å². The van der Waals surface area contributed by atoms with Crippen LogP contribution < -0.4 is 4.74 Å². The molecule has 0 radical (unpaired) electrons. The third-order valence-corrected chi connectivity index (χ3v) is 9.12. The molecule has 0 spiro atoms. The number of carbonyl (C=O) groups excluding carboxylic acids is 1. The minimum atomic E-state index is -5.00. The highest BCUT2D eigenvalue weighted by Crippen LogP contribution is 2.48. The highest BCUT2D eigenvalue weighted by Gasteiger charge is 2.37. The summed E-state index contributed by atoms with van der Waals surface area (Å²) in [5, 5.41) is 0. The van der Waals surface area contributed by atoms with Gasteiger partial charge in [0.2, 0.25) is 5.95 Å². The van der Waals surface area contributed by atoms with Gasteiger partial charge in [-0.05, 0) is 56.9 Å². The number of amides is 1. The van der Waals surface area contributed by atoms with Crippen molar-refractivity contribution < 1.29 is 31.5 Å². The summed E-state index contributed by atoms with van der Waals surface area (Å²) in [5.74, 6) is -3.06. The molecule has 0 saturated carbocycles. The van der Waals surface area contributed by atoms with Gasteiger partial charge in [-0.1, -0.05) is 91.0 Å². The molecular weight excluding hydrogens is 687 g/mol. The lowest BCUT2D eigenvalue weighted by Gasteiger charge is -2.36. The first-order chi connectivity index (χ1) is 22.1. The van der Waals surface area contributed by atoms with Gasteiger partial charge in [-0.2, -0.15) is 4.39 Å². The number of pyridine rings is 1. The Hall–Kier alpha value is -4.22. The van der Waals surface area contributed by atoms with E-state index in [1.54, 1.807) is 0 Å². The van der Waals surface area contributed by atoms with Crippen LogP contribution in [0.5, 0.6) is 5.75 Å². The number of rotatable bonds is 11. The van der Waals surface area contributed by atoms with Crippen LogP contribution in [0.2, 0.25) is 0 Å². The van der Waals surface area contributed by atoms with Crippen LogP contribution in [0.25, 0.3) is 0 Å². The molecule has 1 heterocycles. The smallest absolute Gasteiger partial charge is 0.406 e. The van der Waals surface area contributed by atoms with Crippen LogP contribution in [0.15, 0.2) is 126 Å². The number of carbonyl (C=O) groups is 1. The van der Waals surface area contributed by atoms with E-state index in [0.717, 1.165) is 34.9 Å². The first kappa shape index (κ1) is 33.2. The Balaban J connectivity index is 1.53. The Kier molecular flexibility index (Phi) is 10.4. The molecule has 46 heavy (non-hydrogen) atoms. The Morgan fingerprint density at radius 1 is 0.804 bits per heavy atom. The summed E-state index contributed by atoms with van der Waals surface area (Å²) in [6.07, 6.45) is -3.81. The number of ether oxygens (including phenoxy) is 1. The molecule has 4 aromatic carbocycles. The van der Waals surface area contributed by atoms with Crippen LogP contribution in [0.1, 0.15) is 32.6 Å². The second kappa shape index (κ2) is 14.5. The fraction of sp³-hybridized carbons (Fsp3) is 0.143. The van der Waals surface area contributed by atoms with Crippen molar-refractivity contribution in [2.45, 2.75) is 17.7 Å². The standard InChI is InChI=1S/C35H26BrF5N2O2S/c36-28-21-30(32(38)42-22-28)33(44)43(23-24-20-29(16-17-31(24)37)45-35(39,40)41)18-19-46-34(25-10-4-1-5-11-25,26-12-6-2-7-13-26)27-14-8-3-9-15-27/h1-17,20-22H,18-19,23H2. The minimum absolute atomic E-state index is 0.0203. The van der Waals surface area contributed by atoms with Gasteiger partial charge >= 0.3 is 6.36 Å². The van der Waals surface area contributed by atoms with E-state index in [1.807, 2.05) is 91.0 Å². The fourth-order valence-electron chi connectivity index (χ4n) is 5.15. The van der Waals surface area contributed by atoms with E-state index < -0.39 is 41.1 Å². The highest BCUT2D eigenvalue weighted by molar-refractivity contribution is 9.10. The van der Waals surface area contributed by atoms with Crippen molar-refractivity contribution >= 4 is 33.6 Å². The van der Waals surface area contributed by atoms with Crippen LogP contribution in [-0.2, 0) is 11.3 Å². The van der Waals surface area contributed by atoms with Crippen molar-refractivity contribution in [3.63, 3.8) is 0 Å². The molecule has 0 bridgehead atoms. The molecule has 0 aliphatic rings. The first-order valence-electron chi connectivity index (χ1n) is 14.0. The van der Waals surface area contributed by atoms with E-state index in [2.05, 4.69) is 25.7 Å². The van der Waals surface area contributed by atoms with E-state index in [9.17, 15) is 26.7 Å². The molecule has 5 aromatic rings. The Morgan fingerprint density at radius 2 is 1.35 bits per heavy atom. The number of aromatic nitrogens is 1. The van der Waals surface area contributed by atoms with E-state index in [4.69, 9.17) is 0 Å². The number of benzene rings is 4. The lowest BCUT2D eigenvalue weighted by Crippen LogP contribution is -2.35. The minimum Gasteiger partial charge on any atom is -0.406 e.